The van der Waals surface area contributed by atoms with Gasteiger partial charge in [-0.1, -0.05) is 18.5 Å². The summed E-state index contributed by atoms with van der Waals surface area (Å²) < 4.78 is 39.9. The first-order valence-electron chi connectivity index (χ1n) is 9.30. The number of hydrogen-bond donors (Lipinski definition) is 0. The van der Waals surface area contributed by atoms with Crippen LogP contribution in [0.5, 0.6) is 5.75 Å². The van der Waals surface area contributed by atoms with Gasteiger partial charge in [0.2, 0.25) is 12.2 Å². The second-order valence-corrected chi connectivity index (χ2v) is 8.23. The molecule has 1 aromatic rings. The number of likely N-dealkylation sites (tertiary alicyclic amines) is 2. The Hall–Kier alpha value is -1.44. The van der Waals surface area contributed by atoms with Crippen molar-refractivity contribution in [3.8, 4) is 5.75 Å². The van der Waals surface area contributed by atoms with Crippen molar-refractivity contribution in [2.75, 3.05) is 19.6 Å². The van der Waals surface area contributed by atoms with E-state index in [-0.39, 0.29) is 18.9 Å². The van der Waals surface area contributed by atoms with E-state index in [1.807, 2.05) is 6.92 Å². The molecule has 3 aliphatic heterocycles. The normalized spacial score (nSPS) is 33.8. The highest BCUT2D eigenvalue weighted by atomic mass is 35.5. The fraction of sp³-hybridized carbons (Fsp3) is 0.632. The van der Waals surface area contributed by atoms with E-state index >= 15 is 0 Å². The maximum Gasteiger partial charge on any atom is 0.262 e. The zero-order chi connectivity index (χ0) is 19.2. The van der Waals surface area contributed by atoms with Gasteiger partial charge in [-0.3, -0.25) is 9.69 Å². The molecule has 0 aromatic heterocycles. The molecule has 1 aromatic carbocycles. The lowest BCUT2D eigenvalue weighted by Gasteiger charge is -2.44. The molecular formula is C19H23ClF2N2O3. The SMILES string of the molecule is C[C@@H]1CCN(C2CN(C3OC3Oc3ccc(Cl)cc3)CC(F)(F)C2)C(=O)C1. The van der Waals surface area contributed by atoms with Crippen molar-refractivity contribution in [1.82, 2.24) is 9.80 Å². The second-order valence-electron chi connectivity index (χ2n) is 7.80. The number of hydrogen-bond acceptors (Lipinski definition) is 4. The number of alkyl halides is 2. The molecule has 0 saturated carbocycles. The molecule has 0 bridgehead atoms. The molecule has 0 radical (unpaired) electrons. The number of carbonyl (C=O) groups is 1. The summed E-state index contributed by atoms with van der Waals surface area (Å²) >= 11 is 5.85. The van der Waals surface area contributed by atoms with Gasteiger partial charge < -0.3 is 14.4 Å². The van der Waals surface area contributed by atoms with Gasteiger partial charge in [0.15, 0.2) is 6.23 Å². The monoisotopic (exact) mass is 400 g/mol. The largest absolute Gasteiger partial charge is 0.461 e. The Bertz CT molecular complexity index is 703. The Morgan fingerprint density at radius 3 is 2.74 bits per heavy atom. The van der Waals surface area contributed by atoms with Crippen molar-refractivity contribution in [3.05, 3.63) is 29.3 Å². The molecule has 5 nitrogen and oxygen atoms in total. The molecule has 0 spiro atoms. The van der Waals surface area contributed by atoms with Gasteiger partial charge in [-0.2, -0.15) is 0 Å². The molecule has 3 aliphatic rings. The molecule has 4 atom stereocenters. The summed E-state index contributed by atoms with van der Waals surface area (Å²) in [6, 6.07) is 6.32. The number of halogens is 3. The predicted octanol–water partition coefficient (Wildman–Crippen LogP) is 3.37. The quantitative estimate of drug-likeness (QED) is 0.727. The van der Waals surface area contributed by atoms with Crippen molar-refractivity contribution in [2.24, 2.45) is 5.92 Å². The molecule has 8 heteroatoms. The summed E-state index contributed by atoms with van der Waals surface area (Å²) in [5.41, 5.74) is 0. The molecule has 3 unspecified atom stereocenters. The van der Waals surface area contributed by atoms with E-state index in [4.69, 9.17) is 21.1 Å². The molecule has 1 amide bonds. The highest BCUT2D eigenvalue weighted by Gasteiger charge is 2.53. The van der Waals surface area contributed by atoms with Gasteiger partial charge >= 0.3 is 0 Å². The molecule has 27 heavy (non-hydrogen) atoms. The van der Waals surface area contributed by atoms with Gasteiger partial charge in [0.25, 0.3) is 5.92 Å². The van der Waals surface area contributed by atoms with Gasteiger partial charge in [-0.05, 0) is 36.6 Å². The third-order valence-electron chi connectivity index (χ3n) is 5.42. The molecule has 0 N–H and O–H groups in total. The lowest BCUT2D eigenvalue weighted by molar-refractivity contribution is -0.147. The summed E-state index contributed by atoms with van der Waals surface area (Å²) in [5.74, 6) is -1.99. The highest BCUT2D eigenvalue weighted by molar-refractivity contribution is 6.30. The Kier molecular flexibility index (Phi) is 5.03. The summed E-state index contributed by atoms with van der Waals surface area (Å²) in [7, 11) is 0. The number of carbonyl (C=O) groups excluding carboxylic acids is 1. The van der Waals surface area contributed by atoms with Gasteiger partial charge in [0.05, 0.1) is 12.6 Å². The summed E-state index contributed by atoms with van der Waals surface area (Å²) in [6.07, 6.45) is -0.106. The van der Waals surface area contributed by atoms with Crippen LogP contribution >= 0.6 is 11.6 Å². The van der Waals surface area contributed by atoms with Crippen LogP contribution in [0.15, 0.2) is 24.3 Å². The molecule has 148 valence electrons. The minimum absolute atomic E-state index is 0.0259. The maximum absolute atomic E-state index is 14.4. The van der Waals surface area contributed by atoms with Gasteiger partial charge in [-0.25, -0.2) is 8.78 Å². The Balaban J connectivity index is 1.39. The molecule has 0 aliphatic carbocycles. The van der Waals surface area contributed by atoms with Crippen LogP contribution in [-0.4, -0.2) is 59.8 Å². The summed E-state index contributed by atoms with van der Waals surface area (Å²) in [6.45, 7) is 2.56. The minimum atomic E-state index is -2.86. The van der Waals surface area contributed by atoms with Crippen molar-refractivity contribution in [3.63, 3.8) is 0 Å². The van der Waals surface area contributed by atoms with Crippen LogP contribution in [0.1, 0.15) is 26.2 Å². The number of rotatable bonds is 4. The number of epoxide rings is 1. The number of amides is 1. The topological polar surface area (TPSA) is 45.3 Å². The average Bonchev–Trinajstić information content (AvgIpc) is 3.35. The second kappa shape index (κ2) is 7.18. The Labute approximate surface area is 162 Å². The first-order valence-corrected chi connectivity index (χ1v) is 9.67. The van der Waals surface area contributed by atoms with E-state index in [0.29, 0.717) is 36.2 Å². The van der Waals surface area contributed by atoms with Gasteiger partial charge in [-0.15, -0.1) is 0 Å². The average molecular weight is 401 g/mol. The Morgan fingerprint density at radius 2 is 2.04 bits per heavy atom. The minimum Gasteiger partial charge on any atom is -0.461 e. The van der Waals surface area contributed by atoms with Crippen LogP contribution in [0.4, 0.5) is 8.78 Å². The van der Waals surface area contributed by atoms with E-state index < -0.39 is 24.5 Å². The van der Waals surface area contributed by atoms with E-state index in [1.54, 1.807) is 34.1 Å². The number of benzene rings is 1. The zero-order valence-electron chi connectivity index (χ0n) is 15.1. The summed E-state index contributed by atoms with van der Waals surface area (Å²) in [4.78, 5) is 15.6. The van der Waals surface area contributed by atoms with Crippen LogP contribution < -0.4 is 4.74 Å². The lowest BCUT2D eigenvalue weighted by atomic mass is 9.93. The molecular weight excluding hydrogens is 378 g/mol. The summed E-state index contributed by atoms with van der Waals surface area (Å²) in [5, 5.41) is 0.592. The lowest BCUT2D eigenvalue weighted by Crippen LogP contribution is -2.58. The number of ether oxygens (including phenoxy) is 2. The van der Waals surface area contributed by atoms with Gasteiger partial charge in [0, 0.05) is 31.0 Å². The predicted molar refractivity (Wildman–Crippen MR) is 95.8 cm³/mol. The van der Waals surface area contributed by atoms with E-state index in [9.17, 15) is 13.6 Å². The van der Waals surface area contributed by atoms with E-state index in [2.05, 4.69) is 0 Å². The Morgan fingerprint density at radius 1 is 1.30 bits per heavy atom. The van der Waals surface area contributed by atoms with Crippen molar-refractivity contribution in [2.45, 2.75) is 50.7 Å². The van der Waals surface area contributed by atoms with E-state index in [1.165, 1.54) is 0 Å². The third-order valence-corrected chi connectivity index (χ3v) is 5.67. The van der Waals surface area contributed by atoms with Crippen LogP contribution in [0.25, 0.3) is 0 Å². The van der Waals surface area contributed by atoms with Crippen molar-refractivity contribution >= 4 is 17.5 Å². The third kappa shape index (κ3) is 4.36. The molecule has 3 heterocycles. The van der Waals surface area contributed by atoms with Crippen LogP contribution in [0.3, 0.4) is 0 Å². The molecule has 4 rings (SSSR count). The maximum atomic E-state index is 14.4. The van der Waals surface area contributed by atoms with E-state index in [0.717, 1.165) is 6.42 Å². The number of piperidine rings is 2. The fourth-order valence-electron chi connectivity index (χ4n) is 3.98. The molecule has 3 saturated heterocycles. The van der Waals surface area contributed by atoms with Crippen molar-refractivity contribution < 1.29 is 23.0 Å². The highest BCUT2D eigenvalue weighted by Crippen LogP contribution is 2.37. The van der Waals surface area contributed by atoms with Crippen LogP contribution in [-0.2, 0) is 9.53 Å². The number of nitrogens with zero attached hydrogens (tertiary/aromatic N) is 2. The van der Waals surface area contributed by atoms with Crippen molar-refractivity contribution in [1.29, 1.82) is 0 Å². The first kappa shape index (κ1) is 18.9. The zero-order valence-corrected chi connectivity index (χ0v) is 15.9. The molecule has 3 fully saturated rings. The fourth-order valence-corrected chi connectivity index (χ4v) is 4.11. The van der Waals surface area contributed by atoms with Crippen LogP contribution in [0.2, 0.25) is 5.02 Å². The van der Waals surface area contributed by atoms with Crippen LogP contribution in [0, 0.1) is 5.92 Å². The standard InChI is InChI=1S/C19H23ClF2N2O3/c1-12-6-7-24(16(25)8-12)14-9-19(21,22)11-23(10-14)17-18(27-17)26-15-4-2-13(20)3-5-15/h2-5,12,14,17-18H,6-11H2,1H3/t12-,14?,17?,18?/m1/s1. The van der Waals surface area contributed by atoms with Gasteiger partial charge in [0.1, 0.15) is 5.75 Å². The smallest absolute Gasteiger partial charge is 0.262 e. The first-order chi connectivity index (χ1) is 12.8.